The third-order valence-corrected chi connectivity index (χ3v) is 2.55. The summed E-state index contributed by atoms with van der Waals surface area (Å²) in [5.74, 6) is 5.10. The molecular formula is C13H8ClFN2O. The van der Waals surface area contributed by atoms with E-state index in [4.69, 9.17) is 11.6 Å². The van der Waals surface area contributed by atoms with E-state index in [1.165, 1.54) is 37.5 Å². The second kappa shape index (κ2) is 5.03. The average Bonchev–Trinajstić information content (AvgIpc) is 2.36. The number of benzene rings is 1. The van der Waals surface area contributed by atoms with Gasteiger partial charge in [0.15, 0.2) is 0 Å². The van der Waals surface area contributed by atoms with Gasteiger partial charge in [0.2, 0.25) is 0 Å². The lowest BCUT2D eigenvalue weighted by atomic mass is 10.2. The van der Waals surface area contributed by atoms with E-state index >= 15 is 0 Å². The molecule has 0 aliphatic rings. The van der Waals surface area contributed by atoms with Gasteiger partial charge in [-0.1, -0.05) is 23.4 Å². The topological polar surface area (TPSA) is 34.9 Å². The molecule has 90 valence electrons. The molecule has 0 unspecified atom stereocenters. The highest BCUT2D eigenvalue weighted by molar-refractivity contribution is 6.31. The van der Waals surface area contributed by atoms with E-state index in [9.17, 15) is 9.18 Å². The van der Waals surface area contributed by atoms with Crippen LogP contribution in [0.5, 0.6) is 0 Å². The van der Waals surface area contributed by atoms with Crippen LogP contribution in [-0.4, -0.2) is 9.78 Å². The van der Waals surface area contributed by atoms with E-state index in [-0.39, 0.29) is 22.0 Å². The van der Waals surface area contributed by atoms with Crippen molar-refractivity contribution in [2.24, 2.45) is 7.05 Å². The van der Waals surface area contributed by atoms with Gasteiger partial charge < -0.3 is 0 Å². The molecule has 1 aromatic carbocycles. The molecule has 0 spiro atoms. The largest absolute Gasteiger partial charge is 0.283 e. The van der Waals surface area contributed by atoms with Gasteiger partial charge in [-0.25, -0.2) is 9.07 Å². The van der Waals surface area contributed by atoms with Crippen molar-refractivity contribution in [3.05, 3.63) is 62.8 Å². The zero-order valence-electron chi connectivity index (χ0n) is 9.45. The van der Waals surface area contributed by atoms with Crippen molar-refractivity contribution in [2.45, 2.75) is 0 Å². The van der Waals surface area contributed by atoms with Crippen LogP contribution < -0.4 is 5.56 Å². The Morgan fingerprint density at radius 3 is 2.61 bits per heavy atom. The summed E-state index contributed by atoms with van der Waals surface area (Å²) < 4.78 is 13.9. The van der Waals surface area contributed by atoms with E-state index in [0.717, 1.165) is 4.68 Å². The molecule has 1 heterocycles. The Kier molecular flexibility index (Phi) is 3.45. The van der Waals surface area contributed by atoms with Crippen LogP contribution in [0.25, 0.3) is 0 Å². The van der Waals surface area contributed by atoms with Gasteiger partial charge in [-0.05, 0) is 24.3 Å². The maximum Gasteiger partial charge on any atom is 0.283 e. The van der Waals surface area contributed by atoms with Gasteiger partial charge >= 0.3 is 0 Å². The van der Waals surface area contributed by atoms with E-state index in [2.05, 4.69) is 16.9 Å². The molecule has 0 saturated heterocycles. The Balaban J connectivity index is 2.45. The van der Waals surface area contributed by atoms with Gasteiger partial charge in [0.1, 0.15) is 11.4 Å². The predicted molar refractivity (Wildman–Crippen MR) is 66.9 cm³/mol. The van der Waals surface area contributed by atoms with Gasteiger partial charge in [0.05, 0.1) is 11.2 Å². The second-order valence-corrected chi connectivity index (χ2v) is 3.96. The quantitative estimate of drug-likeness (QED) is 0.681. The van der Waals surface area contributed by atoms with Crippen molar-refractivity contribution in [3.63, 3.8) is 0 Å². The fraction of sp³-hybridized carbons (Fsp3) is 0.0769. The molecule has 3 nitrogen and oxygen atoms in total. The molecule has 0 fully saturated rings. The summed E-state index contributed by atoms with van der Waals surface area (Å²) in [5, 5.41) is 3.96. The zero-order valence-corrected chi connectivity index (χ0v) is 10.2. The lowest BCUT2D eigenvalue weighted by Crippen LogP contribution is -2.22. The van der Waals surface area contributed by atoms with Gasteiger partial charge in [-0.15, -0.1) is 0 Å². The molecule has 2 rings (SSSR count). The van der Waals surface area contributed by atoms with Crippen molar-refractivity contribution in [3.8, 4) is 11.8 Å². The summed E-state index contributed by atoms with van der Waals surface area (Å²) in [7, 11) is 1.52. The normalized spacial score (nSPS) is 9.72. The molecule has 0 N–H and O–H groups in total. The molecule has 0 saturated carbocycles. The van der Waals surface area contributed by atoms with E-state index in [0.29, 0.717) is 5.56 Å². The number of hydrogen-bond acceptors (Lipinski definition) is 2. The van der Waals surface area contributed by atoms with E-state index < -0.39 is 0 Å². The van der Waals surface area contributed by atoms with Crippen molar-refractivity contribution in [1.82, 2.24) is 9.78 Å². The van der Waals surface area contributed by atoms with Crippen molar-refractivity contribution < 1.29 is 4.39 Å². The van der Waals surface area contributed by atoms with Crippen LogP contribution in [0, 0.1) is 17.7 Å². The van der Waals surface area contributed by atoms with Crippen LogP contribution in [0.3, 0.4) is 0 Å². The number of hydrogen-bond donors (Lipinski definition) is 0. The highest BCUT2D eigenvalue weighted by Crippen LogP contribution is 2.08. The van der Waals surface area contributed by atoms with Crippen LogP contribution >= 0.6 is 11.6 Å². The molecule has 5 heteroatoms. The third kappa shape index (κ3) is 2.58. The number of rotatable bonds is 0. The lowest BCUT2D eigenvalue weighted by molar-refractivity contribution is 0.627. The number of nitrogens with zero attached hydrogens (tertiary/aromatic N) is 2. The fourth-order valence-electron chi connectivity index (χ4n) is 1.30. The summed E-state index contributed by atoms with van der Waals surface area (Å²) >= 11 is 5.85. The molecule has 0 amide bonds. The Labute approximate surface area is 108 Å². The number of aromatic nitrogens is 2. The highest BCUT2D eigenvalue weighted by atomic mass is 35.5. The molecule has 0 aliphatic heterocycles. The standard InChI is InChI=1S/C13H8ClFN2O/c1-17-13(18)11(12(14)8-16-17)7-4-9-2-5-10(15)6-3-9/h2-3,5-6,8H,1H3. The Morgan fingerprint density at radius 1 is 1.28 bits per heavy atom. The van der Waals surface area contributed by atoms with E-state index in [1.54, 1.807) is 0 Å². The highest BCUT2D eigenvalue weighted by Gasteiger charge is 2.04. The molecule has 18 heavy (non-hydrogen) atoms. The van der Waals surface area contributed by atoms with Gasteiger partial charge in [-0.2, -0.15) is 5.10 Å². The molecule has 0 aliphatic carbocycles. The lowest BCUT2D eigenvalue weighted by Gasteiger charge is -1.97. The first kappa shape index (κ1) is 12.3. The second-order valence-electron chi connectivity index (χ2n) is 3.55. The average molecular weight is 263 g/mol. The fourth-order valence-corrected chi connectivity index (χ4v) is 1.47. The minimum absolute atomic E-state index is 0.179. The van der Waals surface area contributed by atoms with Crippen molar-refractivity contribution in [2.75, 3.05) is 0 Å². The summed E-state index contributed by atoms with van der Waals surface area (Å²) in [4.78, 5) is 11.7. The molecule has 0 radical (unpaired) electrons. The maximum atomic E-state index is 12.7. The van der Waals surface area contributed by atoms with Crippen molar-refractivity contribution in [1.29, 1.82) is 0 Å². The summed E-state index contributed by atoms with van der Waals surface area (Å²) in [6.07, 6.45) is 1.36. The minimum Gasteiger partial charge on any atom is -0.266 e. The van der Waals surface area contributed by atoms with Crippen LogP contribution in [0.1, 0.15) is 11.1 Å². The molecule has 0 bridgehead atoms. The minimum atomic E-state index is -0.364. The van der Waals surface area contributed by atoms with Crippen molar-refractivity contribution >= 4 is 11.6 Å². The molecule has 2 aromatic rings. The first-order valence-corrected chi connectivity index (χ1v) is 5.45. The first-order chi connectivity index (χ1) is 8.58. The molecule has 0 atom stereocenters. The van der Waals surface area contributed by atoms with Crippen LogP contribution in [0.2, 0.25) is 5.02 Å². The SMILES string of the molecule is Cn1ncc(Cl)c(C#Cc2ccc(F)cc2)c1=O. The van der Waals surface area contributed by atoms with Gasteiger partial charge in [-0.3, -0.25) is 4.79 Å². The summed E-state index contributed by atoms with van der Waals surface area (Å²) in [6, 6.07) is 5.66. The number of aryl methyl sites for hydroxylation is 1. The Bertz CT molecular complexity index is 696. The molecule has 1 aromatic heterocycles. The smallest absolute Gasteiger partial charge is 0.266 e. The predicted octanol–water partition coefficient (Wildman–Crippen LogP) is 1.97. The van der Waals surface area contributed by atoms with Gasteiger partial charge in [0.25, 0.3) is 5.56 Å². The summed E-state index contributed by atoms with van der Waals surface area (Å²) in [5.41, 5.74) is 0.418. The maximum absolute atomic E-state index is 12.7. The monoisotopic (exact) mass is 262 g/mol. The first-order valence-electron chi connectivity index (χ1n) is 5.07. The summed E-state index contributed by atoms with van der Waals surface area (Å²) in [6.45, 7) is 0. The Hall–Kier alpha value is -2.12. The van der Waals surface area contributed by atoms with Crippen LogP contribution in [-0.2, 0) is 7.05 Å². The number of halogens is 2. The van der Waals surface area contributed by atoms with E-state index in [1.807, 2.05) is 0 Å². The molecular weight excluding hydrogens is 255 g/mol. The zero-order chi connectivity index (χ0) is 13.1. The Morgan fingerprint density at radius 2 is 1.94 bits per heavy atom. The van der Waals surface area contributed by atoms with Gasteiger partial charge in [0, 0.05) is 12.6 Å². The van der Waals surface area contributed by atoms with Crippen LogP contribution in [0.4, 0.5) is 4.39 Å². The van der Waals surface area contributed by atoms with Crippen LogP contribution in [0.15, 0.2) is 35.3 Å². The third-order valence-electron chi connectivity index (χ3n) is 2.27.